The highest BCUT2D eigenvalue weighted by molar-refractivity contribution is 7.89. The number of nitrogens with one attached hydrogen (secondary N) is 1. The molecule has 3 aromatic carbocycles. The van der Waals surface area contributed by atoms with Crippen molar-refractivity contribution in [1.82, 2.24) is 9.62 Å². The monoisotopic (exact) mass is 556 g/mol. The smallest absolute Gasteiger partial charge is 0.416 e. The molecule has 5 rings (SSSR count). The van der Waals surface area contributed by atoms with Crippen molar-refractivity contribution < 1.29 is 35.5 Å². The molecule has 0 radical (unpaired) electrons. The summed E-state index contributed by atoms with van der Waals surface area (Å²) >= 11 is 0. The van der Waals surface area contributed by atoms with E-state index in [1.54, 1.807) is 54.6 Å². The number of ether oxygens (including phenoxy) is 1. The number of hydrogen-bond acceptors (Lipinski definition) is 5. The second-order valence-corrected chi connectivity index (χ2v) is 10.7. The summed E-state index contributed by atoms with van der Waals surface area (Å²) in [5, 5.41) is 3.16. The molecule has 1 aliphatic heterocycles. The molecule has 0 saturated heterocycles. The predicted octanol–water partition coefficient (Wildman–Crippen LogP) is 5.28. The molecule has 1 N–H and O–H groups in total. The SMILES string of the molecule is O=C(NCc1cccc(OCc2ccc(C(F)(F)F)cc2)c1)C1C=CCN1S(=O)(=O)c1cc2ccccc2o1. The average Bonchev–Trinajstić information content (AvgIpc) is 3.59. The van der Waals surface area contributed by atoms with Gasteiger partial charge in [-0.2, -0.15) is 17.5 Å². The summed E-state index contributed by atoms with van der Waals surface area (Å²) in [7, 11) is -4.07. The van der Waals surface area contributed by atoms with Gasteiger partial charge >= 0.3 is 6.18 Å². The Morgan fingerprint density at radius 3 is 2.51 bits per heavy atom. The molecule has 39 heavy (non-hydrogen) atoms. The van der Waals surface area contributed by atoms with E-state index in [9.17, 15) is 26.4 Å². The van der Waals surface area contributed by atoms with E-state index in [0.29, 0.717) is 27.8 Å². The number of rotatable bonds is 8. The minimum absolute atomic E-state index is 0.0325. The first-order valence-corrected chi connectivity index (χ1v) is 13.4. The molecule has 0 aliphatic carbocycles. The zero-order valence-electron chi connectivity index (χ0n) is 20.4. The number of sulfonamides is 1. The molecule has 1 aromatic heterocycles. The van der Waals surface area contributed by atoms with E-state index in [1.165, 1.54) is 24.3 Å². The molecule has 7 nitrogen and oxygen atoms in total. The van der Waals surface area contributed by atoms with Gasteiger partial charge in [-0.3, -0.25) is 4.79 Å². The zero-order chi connectivity index (χ0) is 27.6. The van der Waals surface area contributed by atoms with Crippen LogP contribution in [0.4, 0.5) is 13.2 Å². The minimum Gasteiger partial charge on any atom is -0.489 e. The van der Waals surface area contributed by atoms with Crippen LogP contribution in [0.15, 0.2) is 101 Å². The van der Waals surface area contributed by atoms with E-state index in [-0.39, 0.29) is 24.8 Å². The van der Waals surface area contributed by atoms with Crippen LogP contribution in [0.1, 0.15) is 16.7 Å². The van der Waals surface area contributed by atoms with Gasteiger partial charge in [0.15, 0.2) is 0 Å². The van der Waals surface area contributed by atoms with Crippen LogP contribution in [0.5, 0.6) is 5.75 Å². The van der Waals surface area contributed by atoms with E-state index in [0.717, 1.165) is 16.4 Å². The molecule has 1 amide bonds. The molecule has 1 aliphatic rings. The maximum atomic E-state index is 13.2. The third-order valence-corrected chi connectivity index (χ3v) is 7.90. The molecule has 0 bridgehead atoms. The van der Waals surface area contributed by atoms with Crippen LogP contribution in [-0.2, 0) is 34.1 Å². The van der Waals surface area contributed by atoms with Gasteiger partial charge in [-0.15, -0.1) is 0 Å². The second kappa shape index (κ2) is 10.6. The van der Waals surface area contributed by atoms with E-state index in [2.05, 4.69) is 5.32 Å². The Bertz CT molecular complexity index is 1600. The first kappa shape index (κ1) is 26.5. The fourth-order valence-electron chi connectivity index (χ4n) is 4.16. The number of furan rings is 1. The number of halogens is 3. The number of fused-ring (bicyclic) bond motifs is 1. The lowest BCUT2D eigenvalue weighted by Crippen LogP contribution is -2.45. The van der Waals surface area contributed by atoms with Gasteiger partial charge < -0.3 is 14.5 Å². The van der Waals surface area contributed by atoms with Crippen LogP contribution >= 0.6 is 0 Å². The van der Waals surface area contributed by atoms with Crippen molar-refractivity contribution in [2.24, 2.45) is 0 Å². The lowest BCUT2D eigenvalue weighted by atomic mass is 10.1. The molecular formula is C28H23F3N2O5S. The fourth-order valence-corrected chi connectivity index (χ4v) is 5.61. The van der Waals surface area contributed by atoms with Crippen molar-refractivity contribution in [2.75, 3.05) is 6.54 Å². The summed E-state index contributed by atoms with van der Waals surface area (Å²) in [5.74, 6) is -0.0315. The molecule has 1 unspecified atom stereocenters. The number of alkyl halides is 3. The minimum atomic E-state index is -4.40. The van der Waals surface area contributed by atoms with Crippen LogP contribution < -0.4 is 10.1 Å². The van der Waals surface area contributed by atoms with Crippen molar-refractivity contribution in [3.05, 3.63) is 108 Å². The highest BCUT2D eigenvalue weighted by Gasteiger charge is 2.38. The average molecular weight is 557 g/mol. The number of carbonyl (C=O) groups excluding carboxylic acids is 1. The molecule has 11 heteroatoms. The van der Waals surface area contributed by atoms with Gasteiger partial charge in [-0.05, 0) is 41.5 Å². The largest absolute Gasteiger partial charge is 0.489 e. The van der Waals surface area contributed by atoms with Crippen LogP contribution in [0.3, 0.4) is 0 Å². The maximum absolute atomic E-state index is 13.2. The highest BCUT2D eigenvalue weighted by Crippen LogP contribution is 2.30. The normalized spacial score (nSPS) is 16.0. The molecule has 2 heterocycles. The summed E-state index contributed by atoms with van der Waals surface area (Å²) in [6.45, 7) is 0.208. The Balaban J connectivity index is 1.20. The van der Waals surface area contributed by atoms with Gasteiger partial charge in [-0.1, -0.05) is 54.6 Å². The summed E-state index contributed by atoms with van der Waals surface area (Å²) in [6, 6.07) is 18.9. The number of nitrogens with zero attached hydrogens (tertiary/aromatic N) is 1. The van der Waals surface area contributed by atoms with Gasteiger partial charge in [0.05, 0.1) is 5.56 Å². The molecule has 1 atom stereocenters. The van der Waals surface area contributed by atoms with Gasteiger partial charge in [0.25, 0.3) is 10.0 Å². The summed E-state index contributed by atoms with van der Waals surface area (Å²) in [4.78, 5) is 13.0. The third-order valence-electron chi connectivity index (χ3n) is 6.20. The Labute approximate surface area is 222 Å². The Kier molecular flexibility index (Phi) is 7.19. The van der Waals surface area contributed by atoms with Gasteiger partial charge in [-0.25, -0.2) is 8.42 Å². The van der Waals surface area contributed by atoms with E-state index in [4.69, 9.17) is 9.15 Å². The van der Waals surface area contributed by atoms with Crippen LogP contribution in [-0.4, -0.2) is 31.2 Å². The van der Waals surface area contributed by atoms with Crippen LogP contribution in [0.2, 0.25) is 0 Å². The number of para-hydroxylation sites is 1. The molecule has 4 aromatic rings. The topological polar surface area (TPSA) is 88.9 Å². The first-order chi connectivity index (χ1) is 18.6. The zero-order valence-corrected chi connectivity index (χ0v) is 21.2. The molecule has 0 saturated carbocycles. The van der Waals surface area contributed by atoms with Crippen LogP contribution in [0.25, 0.3) is 11.0 Å². The fraction of sp³-hybridized carbons (Fsp3) is 0.179. The predicted molar refractivity (Wildman–Crippen MR) is 137 cm³/mol. The number of carbonyl (C=O) groups is 1. The van der Waals surface area contributed by atoms with Gasteiger partial charge in [0.1, 0.15) is 24.0 Å². The van der Waals surface area contributed by atoms with E-state index in [1.807, 2.05) is 0 Å². The Morgan fingerprint density at radius 1 is 1.00 bits per heavy atom. The Morgan fingerprint density at radius 2 is 1.77 bits per heavy atom. The first-order valence-electron chi connectivity index (χ1n) is 11.9. The Hall–Kier alpha value is -4.09. The lowest BCUT2D eigenvalue weighted by molar-refractivity contribution is -0.137. The van der Waals surface area contributed by atoms with E-state index >= 15 is 0 Å². The number of benzene rings is 3. The lowest BCUT2D eigenvalue weighted by Gasteiger charge is -2.22. The van der Waals surface area contributed by atoms with Crippen molar-refractivity contribution in [3.63, 3.8) is 0 Å². The standard InChI is InChI=1S/C28H23F3N2O5S/c29-28(30,31)22-12-10-19(11-13-22)18-37-23-7-3-5-20(15-23)17-32-27(34)24-8-4-14-33(24)39(35,36)26-16-21-6-1-2-9-25(21)38-26/h1-13,15-16,24H,14,17-18H2,(H,32,34). The molecule has 202 valence electrons. The van der Waals surface area contributed by atoms with Crippen LogP contribution in [0, 0.1) is 0 Å². The maximum Gasteiger partial charge on any atom is 0.416 e. The molecule has 0 fully saturated rings. The molecule has 0 spiro atoms. The van der Waals surface area contributed by atoms with Crippen molar-refractivity contribution in [1.29, 1.82) is 0 Å². The second-order valence-electron chi connectivity index (χ2n) is 8.90. The van der Waals surface area contributed by atoms with Gasteiger partial charge in [0, 0.05) is 24.5 Å². The highest BCUT2D eigenvalue weighted by atomic mass is 32.2. The van der Waals surface area contributed by atoms with E-state index < -0.39 is 33.7 Å². The van der Waals surface area contributed by atoms with Crippen molar-refractivity contribution >= 4 is 26.9 Å². The summed E-state index contributed by atoms with van der Waals surface area (Å²) in [5.41, 5.74) is 0.970. The summed E-state index contributed by atoms with van der Waals surface area (Å²) < 4.78 is 77.0. The van der Waals surface area contributed by atoms with Gasteiger partial charge in [0.2, 0.25) is 11.0 Å². The number of amides is 1. The quantitative estimate of drug-likeness (QED) is 0.299. The van der Waals surface area contributed by atoms with Crippen molar-refractivity contribution in [3.8, 4) is 5.75 Å². The number of hydrogen-bond donors (Lipinski definition) is 1. The third kappa shape index (κ3) is 5.84. The van der Waals surface area contributed by atoms with Crippen molar-refractivity contribution in [2.45, 2.75) is 30.5 Å². The summed E-state index contributed by atoms with van der Waals surface area (Å²) in [6.07, 6.45) is -1.26. The molecular weight excluding hydrogens is 533 g/mol.